The van der Waals surface area contributed by atoms with Crippen molar-refractivity contribution in [2.45, 2.75) is 18.9 Å². The number of piperidine rings is 1. The van der Waals surface area contributed by atoms with E-state index >= 15 is 0 Å². The van der Waals surface area contributed by atoms with Crippen molar-refractivity contribution < 1.29 is 4.79 Å². The first-order valence-electron chi connectivity index (χ1n) is 4.65. The van der Waals surface area contributed by atoms with E-state index in [0.29, 0.717) is 6.04 Å². The second-order valence-corrected chi connectivity index (χ2v) is 3.98. The van der Waals surface area contributed by atoms with Gasteiger partial charge < -0.3 is 9.80 Å². The van der Waals surface area contributed by atoms with Crippen molar-refractivity contribution in [1.29, 1.82) is 0 Å². The van der Waals surface area contributed by atoms with E-state index in [1.54, 1.807) is 0 Å². The third-order valence-corrected chi connectivity index (χ3v) is 2.89. The van der Waals surface area contributed by atoms with Gasteiger partial charge in [-0.1, -0.05) is 0 Å². The molecule has 1 rings (SSSR count). The zero-order chi connectivity index (χ0) is 9.84. The Morgan fingerprint density at radius 3 is 2.38 bits per heavy atom. The molecule has 0 N–H and O–H groups in total. The molecule has 13 heavy (non-hydrogen) atoms. The van der Waals surface area contributed by atoms with Gasteiger partial charge in [0.05, 0.1) is 0 Å². The maximum absolute atomic E-state index is 11.2. The quantitative estimate of drug-likeness (QED) is 0.621. The van der Waals surface area contributed by atoms with Crippen molar-refractivity contribution in [2.24, 2.45) is 0 Å². The van der Waals surface area contributed by atoms with Crippen LogP contribution >= 0.6 is 11.6 Å². The molecule has 0 unspecified atom stereocenters. The van der Waals surface area contributed by atoms with Gasteiger partial charge in [-0.05, 0) is 26.9 Å². The first-order valence-corrected chi connectivity index (χ1v) is 5.18. The third-order valence-electron chi connectivity index (χ3n) is 2.66. The molecule has 4 heteroatoms. The highest BCUT2D eigenvalue weighted by Gasteiger charge is 2.22. The number of hydrogen-bond donors (Lipinski definition) is 0. The molecule has 0 aromatic rings. The van der Waals surface area contributed by atoms with Crippen LogP contribution in [0.5, 0.6) is 0 Å². The van der Waals surface area contributed by atoms with Gasteiger partial charge in [-0.3, -0.25) is 4.79 Å². The van der Waals surface area contributed by atoms with Gasteiger partial charge in [-0.25, -0.2) is 0 Å². The highest BCUT2D eigenvalue weighted by atomic mass is 35.5. The summed E-state index contributed by atoms with van der Waals surface area (Å²) in [4.78, 5) is 15.3. The summed E-state index contributed by atoms with van der Waals surface area (Å²) < 4.78 is 0. The smallest absolute Gasteiger partial charge is 0.237 e. The molecule has 1 aliphatic heterocycles. The molecule has 1 heterocycles. The molecule has 1 fully saturated rings. The lowest BCUT2D eigenvalue weighted by atomic mass is 10.0. The van der Waals surface area contributed by atoms with Crippen LogP contribution in [-0.4, -0.2) is 54.8 Å². The van der Waals surface area contributed by atoms with Crippen LogP contribution in [-0.2, 0) is 4.79 Å². The number of carbonyl (C=O) groups excluding carboxylic acids is 1. The number of halogens is 1. The second-order valence-electron chi connectivity index (χ2n) is 3.71. The fourth-order valence-corrected chi connectivity index (χ4v) is 1.89. The molecule has 1 amide bonds. The van der Waals surface area contributed by atoms with Crippen LogP contribution < -0.4 is 0 Å². The van der Waals surface area contributed by atoms with E-state index in [9.17, 15) is 4.79 Å². The molecule has 0 aromatic heterocycles. The summed E-state index contributed by atoms with van der Waals surface area (Å²) in [5.74, 6) is 0.186. The van der Waals surface area contributed by atoms with Gasteiger partial charge in [0.2, 0.25) is 5.91 Å². The lowest BCUT2D eigenvalue weighted by molar-refractivity contribution is -0.129. The maximum atomic E-state index is 11.2. The van der Waals surface area contributed by atoms with Crippen molar-refractivity contribution >= 4 is 17.5 Å². The maximum Gasteiger partial charge on any atom is 0.237 e. The van der Waals surface area contributed by atoms with Crippen LogP contribution in [0.4, 0.5) is 0 Å². The van der Waals surface area contributed by atoms with Crippen LogP contribution in [0.15, 0.2) is 0 Å². The van der Waals surface area contributed by atoms with E-state index in [2.05, 4.69) is 19.0 Å². The zero-order valence-corrected chi connectivity index (χ0v) is 9.05. The summed E-state index contributed by atoms with van der Waals surface area (Å²) in [5.41, 5.74) is 0. The number of alkyl halides is 1. The molecule has 0 aliphatic carbocycles. The van der Waals surface area contributed by atoms with Crippen molar-refractivity contribution in [2.75, 3.05) is 33.1 Å². The molecule has 1 aliphatic rings. The van der Waals surface area contributed by atoms with Crippen molar-refractivity contribution in [3.8, 4) is 0 Å². The highest BCUT2D eigenvalue weighted by Crippen LogP contribution is 2.14. The fraction of sp³-hybridized carbons (Fsp3) is 0.889. The number of amides is 1. The molecular weight excluding hydrogens is 188 g/mol. The number of hydrogen-bond acceptors (Lipinski definition) is 2. The molecule has 0 saturated carbocycles. The van der Waals surface area contributed by atoms with E-state index in [4.69, 9.17) is 11.6 Å². The van der Waals surface area contributed by atoms with Gasteiger partial charge in [0, 0.05) is 19.1 Å². The molecule has 3 nitrogen and oxygen atoms in total. The summed E-state index contributed by atoms with van der Waals surface area (Å²) in [6.45, 7) is 1.71. The van der Waals surface area contributed by atoms with Crippen molar-refractivity contribution in [3.05, 3.63) is 0 Å². The number of nitrogens with zero attached hydrogens (tertiary/aromatic N) is 2. The summed E-state index contributed by atoms with van der Waals surface area (Å²) in [6, 6.07) is 0.624. The molecule has 0 spiro atoms. The number of rotatable bonds is 2. The van der Waals surface area contributed by atoms with Crippen LogP contribution in [0.25, 0.3) is 0 Å². The standard InChI is InChI=1S/C9H17ClN2O/c1-11(2)8-3-5-12(6-4-8)9(13)7-10/h8H,3-7H2,1-2H3. The minimum atomic E-state index is 0.0684. The van der Waals surface area contributed by atoms with E-state index in [-0.39, 0.29) is 11.8 Å². The average molecular weight is 205 g/mol. The average Bonchev–Trinajstić information content (AvgIpc) is 2.17. The predicted octanol–water partition coefficient (Wildman–Crippen LogP) is 0.778. The Kier molecular flexibility index (Phi) is 4.00. The molecule has 0 radical (unpaired) electrons. The van der Waals surface area contributed by atoms with Crippen molar-refractivity contribution in [3.63, 3.8) is 0 Å². The predicted molar refractivity (Wildman–Crippen MR) is 54.0 cm³/mol. The van der Waals surface area contributed by atoms with Gasteiger partial charge in [0.1, 0.15) is 5.88 Å². The molecule has 0 bridgehead atoms. The minimum absolute atomic E-state index is 0.0684. The monoisotopic (exact) mass is 204 g/mol. The number of likely N-dealkylation sites (tertiary alicyclic amines) is 1. The van der Waals surface area contributed by atoms with Crippen LogP contribution in [0, 0.1) is 0 Å². The third kappa shape index (κ3) is 2.85. The highest BCUT2D eigenvalue weighted by molar-refractivity contribution is 6.27. The van der Waals surface area contributed by atoms with Crippen LogP contribution in [0.2, 0.25) is 0 Å². The van der Waals surface area contributed by atoms with E-state index in [0.717, 1.165) is 25.9 Å². The Morgan fingerprint density at radius 2 is 2.00 bits per heavy atom. The SMILES string of the molecule is CN(C)C1CCN(C(=O)CCl)CC1. The van der Waals surface area contributed by atoms with E-state index in [1.165, 1.54) is 0 Å². The molecule has 0 aromatic carbocycles. The Morgan fingerprint density at radius 1 is 1.46 bits per heavy atom. The van der Waals surface area contributed by atoms with Gasteiger partial charge in [0.15, 0.2) is 0 Å². The fourth-order valence-electron chi connectivity index (χ4n) is 1.72. The lowest BCUT2D eigenvalue weighted by Gasteiger charge is -2.34. The normalized spacial score (nSPS) is 19.5. The topological polar surface area (TPSA) is 23.6 Å². The van der Waals surface area contributed by atoms with Gasteiger partial charge >= 0.3 is 0 Å². The summed E-state index contributed by atoms with van der Waals surface area (Å²) >= 11 is 5.48. The molecule has 76 valence electrons. The largest absolute Gasteiger partial charge is 0.342 e. The lowest BCUT2D eigenvalue weighted by Crippen LogP contribution is -2.44. The molecule has 0 atom stereocenters. The second kappa shape index (κ2) is 4.82. The summed E-state index contributed by atoms with van der Waals surface area (Å²) in [7, 11) is 4.17. The number of carbonyl (C=O) groups is 1. The molecule has 1 saturated heterocycles. The molecular formula is C9H17ClN2O. The first kappa shape index (κ1) is 10.8. The summed E-state index contributed by atoms with van der Waals surface area (Å²) in [5, 5.41) is 0. The Labute approximate surface area is 84.6 Å². The van der Waals surface area contributed by atoms with E-state index in [1.807, 2.05) is 4.90 Å². The van der Waals surface area contributed by atoms with Gasteiger partial charge in [-0.15, -0.1) is 11.6 Å². The Balaban J connectivity index is 2.34. The van der Waals surface area contributed by atoms with Gasteiger partial charge in [-0.2, -0.15) is 0 Å². The minimum Gasteiger partial charge on any atom is -0.342 e. The van der Waals surface area contributed by atoms with Crippen molar-refractivity contribution in [1.82, 2.24) is 9.80 Å². The summed E-state index contributed by atoms with van der Waals surface area (Å²) in [6.07, 6.45) is 2.13. The van der Waals surface area contributed by atoms with Crippen LogP contribution in [0.3, 0.4) is 0 Å². The van der Waals surface area contributed by atoms with E-state index < -0.39 is 0 Å². The zero-order valence-electron chi connectivity index (χ0n) is 8.29. The van der Waals surface area contributed by atoms with Gasteiger partial charge in [0.25, 0.3) is 0 Å². The Bertz CT molecular complexity index is 176. The Hall–Kier alpha value is -0.280. The first-order chi connectivity index (χ1) is 6.15. The van der Waals surface area contributed by atoms with Crippen LogP contribution in [0.1, 0.15) is 12.8 Å².